The summed E-state index contributed by atoms with van der Waals surface area (Å²) in [7, 11) is 0. The third-order valence-corrected chi connectivity index (χ3v) is 2.36. The van der Waals surface area contributed by atoms with Crippen molar-refractivity contribution in [3.05, 3.63) is 34.9 Å². The second-order valence-electron chi connectivity index (χ2n) is 3.36. The van der Waals surface area contributed by atoms with Crippen LogP contribution in [0.1, 0.15) is 20.7 Å². The molecule has 1 aromatic carbocycles. The Labute approximate surface area is 89.6 Å². The molecule has 1 aromatic rings. The molecule has 1 heterocycles. The molecule has 0 saturated heterocycles. The third-order valence-electron chi connectivity index (χ3n) is 2.36. The van der Waals surface area contributed by atoms with E-state index in [1.807, 2.05) is 0 Å². The van der Waals surface area contributed by atoms with Crippen LogP contribution in [0.2, 0.25) is 0 Å². The number of hydrogen-bond donors (Lipinski definition) is 1. The van der Waals surface area contributed by atoms with Crippen LogP contribution >= 0.6 is 0 Å². The number of fused-ring (bicyclic) bond motifs is 1. The summed E-state index contributed by atoms with van der Waals surface area (Å²) in [5.41, 5.74) is 5.01. The van der Waals surface area contributed by atoms with Gasteiger partial charge < -0.3 is 5.73 Å². The highest BCUT2D eigenvalue weighted by Gasteiger charge is 2.36. The number of nitrogens with two attached hydrogens (primary N) is 1. The van der Waals surface area contributed by atoms with Gasteiger partial charge in [0, 0.05) is 13.1 Å². The summed E-state index contributed by atoms with van der Waals surface area (Å²) in [6, 6.07) is 1.48. The molecule has 0 fully saturated rings. The van der Waals surface area contributed by atoms with Gasteiger partial charge in [-0.15, -0.1) is 0 Å². The van der Waals surface area contributed by atoms with Crippen LogP contribution in [0.5, 0.6) is 0 Å². The summed E-state index contributed by atoms with van der Waals surface area (Å²) >= 11 is 0. The molecule has 1 aliphatic rings. The van der Waals surface area contributed by atoms with E-state index in [9.17, 15) is 18.4 Å². The van der Waals surface area contributed by atoms with Crippen LogP contribution in [0.3, 0.4) is 0 Å². The minimum absolute atomic E-state index is 0.0373. The number of rotatable bonds is 2. The first-order chi connectivity index (χ1) is 7.56. The molecule has 2 N–H and O–H groups in total. The van der Waals surface area contributed by atoms with Crippen molar-refractivity contribution in [1.29, 1.82) is 0 Å². The molecule has 16 heavy (non-hydrogen) atoms. The SMILES string of the molecule is NCCN1C(=O)c2cc(F)c(F)cc2C1=O. The van der Waals surface area contributed by atoms with Gasteiger partial charge in [-0.2, -0.15) is 0 Å². The summed E-state index contributed by atoms with van der Waals surface area (Å²) in [4.78, 5) is 24.1. The van der Waals surface area contributed by atoms with E-state index in [2.05, 4.69) is 0 Å². The lowest BCUT2D eigenvalue weighted by Crippen LogP contribution is -2.34. The topological polar surface area (TPSA) is 63.4 Å². The van der Waals surface area contributed by atoms with Crippen molar-refractivity contribution in [2.45, 2.75) is 0 Å². The van der Waals surface area contributed by atoms with Crippen LogP contribution in [0.4, 0.5) is 8.78 Å². The molecule has 2 rings (SSSR count). The van der Waals surface area contributed by atoms with E-state index in [0.717, 1.165) is 17.0 Å². The van der Waals surface area contributed by atoms with Gasteiger partial charge in [0.05, 0.1) is 11.1 Å². The fourth-order valence-electron chi connectivity index (χ4n) is 1.62. The van der Waals surface area contributed by atoms with Crippen LogP contribution in [0, 0.1) is 11.6 Å². The van der Waals surface area contributed by atoms with Crippen LogP contribution in [0.25, 0.3) is 0 Å². The van der Waals surface area contributed by atoms with Crippen molar-refractivity contribution in [2.75, 3.05) is 13.1 Å². The minimum Gasteiger partial charge on any atom is -0.329 e. The first kappa shape index (κ1) is 10.7. The molecular weight excluding hydrogens is 218 g/mol. The quantitative estimate of drug-likeness (QED) is 0.748. The van der Waals surface area contributed by atoms with Crippen molar-refractivity contribution in [3.8, 4) is 0 Å². The van der Waals surface area contributed by atoms with Crippen molar-refractivity contribution in [1.82, 2.24) is 4.90 Å². The predicted molar refractivity (Wildman–Crippen MR) is 50.8 cm³/mol. The first-order valence-corrected chi connectivity index (χ1v) is 4.61. The molecule has 2 amide bonds. The highest BCUT2D eigenvalue weighted by Crippen LogP contribution is 2.24. The molecule has 0 aliphatic carbocycles. The Kier molecular flexibility index (Phi) is 2.43. The summed E-state index contributed by atoms with van der Waals surface area (Å²) in [6.45, 7) is 0.145. The van der Waals surface area contributed by atoms with E-state index in [4.69, 9.17) is 5.73 Å². The Balaban J connectivity index is 2.51. The van der Waals surface area contributed by atoms with Gasteiger partial charge in [0.25, 0.3) is 11.8 Å². The molecule has 0 saturated carbocycles. The summed E-state index contributed by atoms with van der Waals surface area (Å²) in [6.07, 6.45) is 0. The zero-order valence-corrected chi connectivity index (χ0v) is 8.17. The molecule has 84 valence electrons. The van der Waals surface area contributed by atoms with Crippen molar-refractivity contribution in [2.24, 2.45) is 5.73 Å². The predicted octanol–water partition coefficient (Wildman–Crippen LogP) is 0.520. The molecule has 0 atom stereocenters. The smallest absolute Gasteiger partial charge is 0.261 e. The summed E-state index contributed by atoms with van der Waals surface area (Å²) in [5.74, 6) is -3.56. The van der Waals surface area contributed by atoms with E-state index < -0.39 is 23.4 Å². The Hall–Kier alpha value is -1.82. The fourth-order valence-corrected chi connectivity index (χ4v) is 1.62. The summed E-state index contributed by atoms with van der Waals surface area (Å²) < 4.78 is 25.8. The number of benzene rings is 1. The van der Waals surface area contributed by atoms with Gasteiger partial charge in [-0.1, -0.05) is 0 Å². The Bertz CT molecular complexity index is 447. The zero-order valence-electron chi connectivity index (χ0n) is 8.17. The number of carbonyl (C=O) groups is 2. The largest absolute Gasteiger partial charge is 0.329 e. The first-order valence-electron chi connectivity index (χ1n) is 4.61. The number of imide groups is 1. The van der Waals surface area contributed by atoms with Gasteiger partial charge in [-0.3, -0.25) is 14.5 Å². The number of nitrogens with zero attached hydrogens (tertiary/aromatic N) is 1. The lowest BCUT2D eigenvalue weighted by Gasteiger charge is -2.10. The van der Waals surface area contributed by atoms with Crippen LogP contribution in [-0.2, 0) is 0 Å². The third kappa shape index (κ3) is 1.38. The highest BCUT2D eigenvalue weighted by molar-refractivity contribution is 6.21. The van der Waals surface area contributed by atoms with Crippen molar-refractivity contribution in [3.63, 3.8) is 0 Å². The van der Waals surface area contributed by atoms with Crippen molar-refractivity contribution >= 4 is 11.8 Å². The summed E-state index contributed by atoms with van der Waals surface area (Å²) in [5, 5.41) is 0. The fraction of sp³-hybridized carbons (Fsp3) is 0.200. The Morgan fingerprint density at radius 2 is 1.50 bits per heavy atom. The van der Waals surface area contributed by atoms with Gasteiger partial charge in [-0.05, 0) is 12.1 Å². The van der Waals surface area contributed by atoms with Gasteiger partial charge >= 0.3 is 0 Å². The van der Waals surface area contributed by atoms with Crippen LogP contribution in [-0.4, -0.2) is 29.8 Å². The van der Waals surface area contributed by atoms with Gasteiger partial charge in [0.15, 0.2) is 11.6 Å². The number of hydrogen-bond acceptors (Lipinski definition) is 3. The van der Waals surface area contributed by atoms with E-state index in [-0.39, 0.29) is 24.2 Å². The standard InChI is InChI=1S/C10H8F2N2O2/c11-7-3-5-6(4-8(7)12)10(16)14(2-1-13)9(5)15/h3-4H,1-2,13H2. The maximum Gasteiger partial charge on any atom is 0.261 e. The minimum atomic E-state index is -1.14. The average molecular weight is 226 g/mol. The van der Waals surface area contributed by atoms with Crippen LogP contribution < -0.4 is 5.73 Å². The normalized spacial score (nSPS) is 14.6. The van der Waals surface area contributed by atoms with Gasteiger partial charge in [0.1, 0.15) is 0 Å². The van der Waals surface area contributed by atoms with Gasteiger partial charge in [0.2, 0.25) is 0 Å². The molecule has 0 aromatic heterocycles. The second kappa shape index (κ2) is 3.64. The molecule has 4 nitrogen and oxygen atoms in total. The average Bonchev–Trinajstić information content (AvgIpc) is 2.46. The van der Waals surface area contributed by atoms with E-state index >= 15 is 0 Å². The monoisotopic (exact) mass is 226 g/mol. The lowest BCUT2D eigenvalue weighted by molar-refractivity contribution is 0.0658. The maximum absolute atomic E-state index is 12.9. The number of halogens is 2. The molecule has 0 spiro atoms. The number of amides is 2. The van der Waals surface area contributed by atoms with E-state index in [1.165, 1.54) is 0 Å². The highest BCUT2D eigenvalue weighted by atomic mass is 19.2. The van der Waals surface area contributed by atoms with Crippen molar-refractivity contribution < 1.29 is 18.4 Å². The Morgan fingerprint density at radius 3 is 1.88 bits per heavy atom. The maximum atomic E-state index is 12.9. The van der Waals surface area contributed by atoms with Crippen LogP contribution in [0.15, 0.2) is 12.1 Å². The Morgan fingerprint density at radius 1 is 1.06 bits per heavy atom. The second-order valence-corrected chi connectivity index (χ2v) is 3.36. The van der Waals surface area contributed by atoms with E-state index in [0.29, 0.717) is 0 Å². The molecule has 6 heteroatoms. The lowest BCUT2D eigenvalue weighted by atomic mass is 10.1. The molecular formula is C10H8F2N2O2. The molecule has 1 aliphatic heterocycles. The molecule has 0 unspecified atom stereocenters. The number of carbonyl (C=O) groups excluding carboxylic acids is 2. The molecule has 0 radical (unpaired) electrons. The molecule has 0 bridgehead atoms. The van der Waals surface area contributed by atoms with Gasteiger partial charge in [-0.25, -0.2) is 8.78 Å². The zero-order chi connectivity index (χ0) is 11.9. The van der Waals surface area contributed by atoms with E-state index in [1.54, 1.807) is 0 Å².